The molecular weight excluding hydrogens is 753 g/mol. The van der Waals surface area contributed by atoms with E-state index in [1.807, 2.05) is 30.3 Å². The lowest BCUT2D eigenvalue weighted by atomic mass is 9.91. The first kappa shape index (κ1) is 46.8. The molecule has 0 radical (unpaired) electrons. The monoisotopic (exact) mass is 817 g/mol. The van der Waals surface area contributed by atoms with Gasteiger partial charge in [-0.15, -0.1) is 0 Å². The molecule has 4 unspecified atom stereocenters. The summed E-state index contributed by atoms with van der Waals surface area (Å²) >= 11 is 17.7. The second-order valence-electron chi connectivity index (χ2n) is 15.0. The van der Waals surface area contributed by atoms with Crippen LogP contribution in [-0.2, 0) is 38.0 Å². The van der Waals surface area contributed by atoms with Crippen LogP contribution in [0.2, 0.25) is 0 Å². The van der Waals surface area contributed by atoms with Gasteiger partial charge in [0.2, 0.25) is 12.2 Å². The highest BCUT2D eigenvalue weighted by Gasteiger charge is 2.52. The molecule has 2 fully saturated rings. The first-order valence-electron chi connectivity index (χ1n) is 20.7. The molecule has 0 aliphatic carbocycles. The third-order valence-corrected chi connectivity index (χ3v) is 10.8. The van der Waals surface area contributed by atoms with E-state index in [1.165, 1.54) is 77.0 Å². The lowest BCUT2D eigenvalue weighted by Crippen LogP contribution is -2.60. The van der Waals surface area contributed by atoms with Crippen molar-refractivity contribution in [2.45, 2.75) is 196 Å². The van der Waals surface area contributed by atoms with E-state index in [9.17, 15) is 9.59 Å². The molecule has 0 aromatic heterocycles. The van der Waals surface area contributed by atoms with Crippen molar-refractivity contribution in [3.05, 3.63) is 35.9 Å². The largest absolute Gasteiger partial charge is 0.462 e. The van der Waals surface area contributed by atoms with Crippen LogP contribution in [0.1, 0.15) is 167 Å². The SMILES string of the molecule is CCCCCCCCCCCC(=O)O[C@H](CCCCCCCCCCC)CC(=O)OC1C(C)[C@@H](OC(=N)C(Cl)(Cl)Cl)OC2COC(c3ccccc3)O[C@H]21. The normalized spacial score (nSPS) is 23.3. The van der Waals surface area contributed by atoms with Gasteiger partial charge in [0.25, 0.3) is 3.79 Å². The maximum Gasteiger partial charge on any atom is 0.309 e. The van der Waals surface area contributed by atoms with E-state index in [1.54, 1.807) is 6.92 Å². The minimum atomic E-state index is -2.11. The van der Waals surface area contributed by atoms with E-state index >= 15 is 0 Å². The standard InChI is InChI=1S/C42H66Cl3NO8/c1-4-6-8-10-12-14-16-18-23-27-33(50-35(47)28-24-19-17-15-13-11-9-7-5-2)29-36(48)52-37-31(3)39(54-41(46)42(43,44)45)51-34-30-49-40(53-38(34)37)32-25-21-20-22-26-32/h20-22,25-26,31,33-34,37-40,46H,4-19,23-24,27-30H2,1-3H3/t31?,33-,34?,37?,38-,39-,40?/m1/s1. The molecule has 12 heteroatoms. The topological polar surface area (TPSA) is 113 Å². The Morgan fingerprint density at radius 3 is 1.91 bits per heavy atom. The Kier molecular flexibility index (Phi) is 22.8. The van der Waals surface area contributed by atoms with Crippen LogP contribution in [0.15, 0.2) is 30.3 Å². The van der Waals surface area contributed by atoms with Crippen LogP contribution in [0.5, 0.6) is 0 Å². The van der Waals surface area contributed by atoms with E-state index in [0.717, 1.165) is 44.1 Å². The summed E-state index contributed by atoms with van der Waals surface area (Å²) in [6, 6.07) is 9.48. The molecule has 1 aromatic rings. The molecule has 9 nitrogen and oxygen atoms in total. The van der Waals surface area contributed by atoms with Crippen molar-refractivity contribution < 1.29 is 38.0 Å². The zero-order chi connectivity index (χ0) is 39.2. The maximum atomic E-state index is 13.8. The smallest absolute Gasteiger partial charge is 0.309 e. The van der Waals surface area contributed by atoms with Crippen molar-refractivity contribution in [2.75, 3.05) is 6.61 Å². The van der Waals surface area contributed by atoms with Gasteiger partial charge in [-0.1, -0.05) is 189 Å². The number of hydrogen-bond donors (Lipinski definition) is 1. The van der Waals surface area contributed by atoms with E-state index in [-0.39, 0.29) is 19.0 Å². The van der Waals surface area contributed by atoms with Crippen LogP contribution in [-0.4, -0.2) is 58.9 Å². The molecule has 308 valence electrons. The van der Waals surface area contributed by atoms with Gasteiger partial charge in [-0.2, -0.15) is 0 Å². The van der Waals surface area contributed by atoms with Gasteiger partial charge >= 0.3 is 11.9 Å². The molecule has 2 heterocycles. The molecule has 1 aromatic carbocycles. The predicted molar refractivity (Wildman–Crippen MR) is 215 cm³/mol. The van der Waals surface area contributed by atoms with Gasteiger partial charge in [-0.3, -0.25) is 15.0 Å². The highest BCUT2D eigenvalue weighted by Crippen LogP contribution is 2.39. The van der Waals surface area contributed by atoms with Crippen molar-refractivity contribution in [3.63, 3.8) is 0 Å². The van der Waals surface area contributed by atoms with Gasteiger partial charge in [0.15, 0.2) is 6.29 Å². The number of ether oxygens (including phenoxy) is 6. The number of nitrogens with one attached hydrogen (secondary N) is 1. The lowest BCUT2D eigenvalue weighted by Gasteiger charge is -2.48. The average molecular weight is 819 g/mol. The molecule has 0 amide bonds. The summed E-state index contributed by atoms with van der Waals surface area (Å²) in [5.41, 5.74) is 0.810. The lowest BCUT2D eigenvalue weighted by molar-refractivity contribution is -0.343. The van der Waals surface area contributed by atoms with Gasteiger partial charge < -0.3 is 28.4 Å². The van der Waals surface area contributed by atoms with Gasteiger partial charge in [0.05, 0.1) is 18.9 Å². The Bertz CT molecular complexity index is 1200. The van der Waals surface area contributed by atoms with Crippen LogP contribution < -0.4 is 0 Å². The van der Waals surface area contributed by atoms with Crippen LogP contribution >= 0.6 is 34.8 Å². The Labute approximate surface area is 339 Å². The summed E-state index contributed by atoms with van der Waals surface area (Å²) in [4.78, 5) is 26.8. The average Bonchev–Trinajstić information content (AvgIpc) is 3.14. The molecule has 0 bridgehead atoms. The summed E-state index contributed by atoms with van der Waals surface area (Å²) in [5, 5.41) is 8.15. The highest BCUT2D eigenvalue weighted by molar-refractivity contribution is 6.76. The number of fused-ring (bicyclic) bond motifs is 1. The van der Waals surface area contributed by atoms with E-state index in [4.69, 9.17) is 68.6 Å². The number of esters is 2. The summed E-state index contributed by atoms with van der Waals surface area (Å²) in [6.45, 7) is 6.34. The first-order valence-corrected chi connectivity index (χ1v) is 21.9. The quantitative estimate of drug-likeness (QED) is 0.0323. The number of rotatable bonds is 26. The highest BCUT2D eigenvalue weighted by atomic mass is 35.6. The van der Waals surface area contributed by atoms with Crippen LogP contribution in [0.4, 0.5) is 0 Å². The van der Waals surface area contributed by atoms with Crippen molar-refractivity contribution in [2.24, 2.45) is 5.92 Å². The van der Waals surface area contributed by atoms with Crippen molar-refractivity contribution in [1.29, 1.82) is 5.41 Å². The molecule has 0 saturated carbocycles. The second kappa shape index (κ2) is 26.3. The number of carbonyl (C=O) groups is 2. The number of hydrogen-bond acceptors (Lipinski definition) is 9. The zero-order valence-electron chi connectivity index (χ0n) is 32.9. The molecule has 2 saturated heterocycles. The number of unbranched alkanes of at least 4 members (excludes halogenated alkanes) is 16. The van der Waals surface area contributed by atoms with E-state index in [2.05, 4.69) is 13.8 Å². The van der Waals surface area contributed by atoms with Crippen molar-refractivity contribution in [3.8, 4) is 0 Å². The van der Waals surface area contributed by atoms with Gasteiger partial charge in [-0.05, 0) is 19.3 Å². The molecule has 2 aliphatic heterocycles. The second-order valence-corrected chi connectivity index (χ2v) is 17.3. The minimum absolute atomic E-state index is 0.0872. The summed E-state index contributed by atoms with van der Waals surface area (Å²) < 4.78 is 34.2. The van der Waals surface area contributed by atoms with E-state index < -0.39 is 58.6 Å². The third kappa shape index (κ3) is 17.7. The molecule has 3 rings (SSSR count). The van der Waals surface area contributed by atoms with E-state index in [0.29, 0.717) is 12.8 Å². The first-order chi connectivity index (χ1) is 26.0. The fraction of sp³-hybridized carbons (Fsp3) is 0.786. The zero-order valence-corrected chi connectivity index (χ0v) is 35.2. The Balaban J connectivity index is 1.63. The van der Waals surface area contributed by atoms with Gasteiger partial charge in [0, 0.05) is 12.0 Å². The Hall–Kier alpha value is -1.62. The van der Waals surface area contributed by atoms with Crippen molar-refractivity contribution in [1.82, 2.24) is 0 Å². The summed E-state index contributed by atoms with van der Waals surface area (Å²) in [7, 11) is 0. The Morgan fingerprint density at radius 1 is 0.778 bits per heavy atom. The fourth-order valence-corrected chi connectivity index (χ4v) is 7.21. The predicted octanol–water partition coefficient (Wildman–Crippen LogP) is 11.9. The number of alkyl halides is 3. The van der Waals surface area contributed by atoms with Gasteiger partial charge in [-0.25, -0.2) is 0 Å². The molecule has 2 aliphatic rings. The number of carbonyl (C=O) groups excluding carboxylic acids is 2. The fourth-order valence-electron chi connectivity index (χ4n) is 7.08. The Morgan fingerprint density at radius 2 is 1.33 bits per heavy atom. The van der Waals surface area contributed by atoms with Crippen molar-refractivity contribution >= 4 is 52.6 Å². The maximum absolute atomic E-state index is 13.8. The molecule has 1 N–H and O–H groups in total. The van der Waals surface area contributed by atoms with Crippen LogP contribution in [0.25, 0.3) is 0 Å². The van der Waals surface area contributed by atoms with Gasteiger partial charge in [0.1, 0.15) is 24.4 Å². The third-order valence-electron chi connectivity index (χ3n) is 10.3. The summed E-state index contributed by atoms with van der Waals surface area (Å²) in [6.07, 6.45) is 17.1. The minimum Gasteiger partial charge on any atom is -0.462 e. The summed E-state index contributed by atoms with van der Waals surface area (Å²) in [5.74, 6) is -2.04. The number of benzene rings is 1. The molecule has 7 atom stereocenters. The number of halogens is 3. The van der Waals surface area contributed by atoms with Crippen LogP contribution in [0, 0.1) is 11.3 Å². The van der Waals surface area contributed by atoms with Crippen LogP contribution in [0.3, 0.4) is 0 Å². The molecule has 0 spiro atoms. The molecular formula is C42H66Cl3NO8. The molecule has 54 heavy (non-hydrogen) atoms.